The molecule has 0 bridgehead atoms. The number of hydrogen-bond donors (Lipinski definition) is 0. The predicted molar refractivity (Wildman–Crippen MR) is 212 cm³/mol. The SMILES string of the molecule is c1ccc(-c2cc(-c3ccccc3)nc(-c3cc(-c4ccc(-c5ccccc5)c5ccccc45)c4oc5ccc6ccccc6c5c4c3)n2)cc1. The van der Waals surface area contributed by atoms with Gasteiger partial charge in [-0.25, -0.2) is 9.97 Å². The van der Waals surface area contributed by atoms with Gasteiger partial charge in [-0.3, -0.25) is 0 Å². The molecule has 238 valence electrons. The Hall–Kier alpha value is -6.84. The first kappa shape index (κ1) is 29.1. The van der Waals surface area contributed by atoms with E-state index in [0.717, 1.165) is 71.9 Å². The molecule has 0 N–H and O–H groups in total. The monoisotopic (exact) mass is 650 g/mol. The third-order valence-corrected chi connectivity index (χ3v) is 9.88. The summed E-state index contributed by atoms with van der Waals surface area (Å²) in [4.78, 5) is 10.5. The third-order valence-electron chi connectivity index (χ3n) is 9.88. The van der Waals surface area contributed by atoms with Crippen molar-refractivity contribution in [3.63, 3.8) is 0 Å². The number of furan rings is 1. The Labute approximate surface area is 295 Å². The van der Waals surface area contributed by atoms with Crippen LogP contribution in [0.25, 0.3) is 99.6 Å². The zero-order chi connectivity index (χ0) is 33.7. The molecule has 0 aliphatic carbocycles. The number of aromatic nitrogens is 2. The van der Waals surface area contributed by atoms with Crippen molar-refractivity contribution in [3.05, 3.63) is 182 Å². The maximum absolute atomic E-state index is 6.85. The van der Waals surface area contributed by atoms with Gasteiger partial charge in [0.2, 0.25) is 0 Å². The molecule has 10 aromatic rings. The standard InChI is InChI=1S/C48H30N2O/c1-4-14-31(15-5-1)36-25-26-40(39-23-13-12-22-38(36)39)41-28-35(29-42-46-37-21-11-10-16-32(37)24-27-45(46)51-47(41)42)48-49-43(33-17-6-2-7-18-33)30-44(50-48)34-19-8-3-9-20-34/h1-30H. The molecule has 0 aliphatic heterocycles. The Kier molecular flexibility index (Phi) is 6.81. The minimum absolute atomic E-state index is 0.665. The lowest BCUT2D eigenvalue weighted by molar-refractivity contribution is 0.670. The molecule has 51 heavy (non-hydrogen) atoms. The molecule has 8 aromatic carbocycles. The summed E-state index contributed by atoms with van der Waals surface area (Å²) in [5.74, 6) is 0.665. The Morgan fingerprint density at radius 3 is 1.57 bits per heavy atom. The lowest BCUT2D eigenvalue weighted by Gasteiger charge is -2.14. The third kappa shape index (κ3) is 4.98. The van der Waals surface area contributed by atoms with Crippen LogP contribution in [0.3, 0.4) is 0 Å². The molecule has 3 nitrogen and oxygen atoms in total. The van der Waals surface area contributed by atoms with E-state index in [4.69, 9.17) is 14.4 Å². The molecule has 0 amide bonds. The summed E-state index contributed by atoms with van der Waals surface area (Å²) in [5.41, 5.74) is 11.0. The summed E-state index contributed by atoms with van der Waals surface area (Å²) in [6, 6.07) is 63.7. The normalized spacial score (nSPS) is 11.5. The van der Waals surface area contributed by atoms with E-state index >= 15 is 0 Å². The highest BCUT2D eigenvalue weighted by molar-refractivity contribution is 6.22. The van der Waals surface area contributed by atoms with Crippen molar-refractivity contribution in [1.82, 2.24) is 9.97 Å². The summed E-state index contributed by atoms with van der Waals surface area (Å²) >= 11 is 0. The molecule has 0 radical (unpaired) electrons. The largest absolute Gasteiger partial charge is 0.455 e. The highest BCUT2D eigenvalue weighted by atomic mass is 16.3. The maximum Gasteiger partial charge on any atom is 0.160 e. The lowest BCUT2D eigenvalue weighted by atomic mass is 9.90. The van der Waals surface area contributed by atoms with E-state index < -0.39 is 0 Å². The van der Waals surface area contributed by atoms with Gasteiger partial charge in [-0.05, 0) is 62.5 Å². The average Bonchev–Trinajstić information content (AvgIpc) is 3.60. The molecular formula is C48H30N2O. The van der Waals surface area contributed by atoms with Gasteiger partial charge in [0, 0.05) is 33.0 Å². The molecule has 0 atom stereocenters. The quantitative estimate of drug-likeness (QED) is 0.186. The van der Waals surface area contributed by atoms with Gasteiger partial charge in [-0.2, -0.15) is 0 Å². The van der Waals surface area contributed by atoms with Gasteiger partial charge in [0.1, 0.15) is 11.2 Å². The number of fused-ring (bicyclic) bond motifs is 6. The van der Waals surface area contributed by atoms with Gasteiger partial charge < -0.3 is 4.42 Å². The summed E-state index contributed by atoms with van der Waals surface area (Å²) in [6.07, 6.45) is 0. The van der Waals surface area contributed by atoms with Crippen molar-refractivity contribution in [2.45, 2.75) is 0 Å². The summed E-state index contributed by atoms with van der Waals surface area (Å²) in [6.45, 7) is 0. The summed E-state index contributed by atoms with van der Waals surface area (Å²) in [5, 5.41) is 6.82. The van der Waals surface area contributed by atoms with E-state index in [9.17, 15) is 0 Å². The molecule has 0 saturated heterocycles. The second-order valence-corrected chi connectivity index (χ2v) is 12.9. The Morgan fingerprint density at radius 2 is 0.902 bits per heavy atom. The zero-order valence-corrected chi connectivity index (χ0v) is 27.6. The van der Waals surface area contributed by atoms with E-state index in [1.54, 1.807) is 0 Å². The zero-order valence-electron chi connectivity index (χ0n) is 27.6. The van der Waals surface area contributed by atoms with Crippen LogP contribution >= 0.6 is 0 Å². The van der Waals surface area contributed by atoms with Gasteiger partial charge in [0.15, 0.2) is 5.82 Å². The first-order valence-electron chi connectivity index (χ1n) is 17.2. The number of hydrogen-bond acceptors (Lipinski definition) is 3. The molecule has 3 heteroatoms. The maximum atomic E-state index is 6.85. The molecule has 10 rings (SSSR count). The van der Waals surface area contributed by atoms with Crippen molar-refractivity contribution in [1.29, 1.82) is 0 Å². The fraction of sp³-hybridized carbons (Fsp3) is 0. The topological polar surface area (TPSA) is 38.9 Å². The van der Waals surface area contributed by atoms with Crippen LogP contribution in [0.5, 0.6) is 0 Å². The van der Waals surface area contributed by atoms with Gasteiger partial charge in [-0.1, -0.05) is 158 Å². The average molecular weight is 651 g/mol. The van der Waals surface area contributed by atoms with Crippen LogP contribution in [-0.2, 0) is 0 Å². The number of rotatable bonds is 5. The van der Waals surface area contributed by atoms with Crippen molar-refractivity contribution < 1.29 is 4.42 Å². The van der Waals surface area contributed by atoms with Crippen molar-refractivity contribution >= 4 is 43.5 Å². The van der Waals surface area contributed by atoms with Crippen molar-refractivity contribution in [2.75, 3.05) is 0 Å². The first-order valence-corrected chi connectivity index (χ1v) is 17.2. The van der Waals surface area contributed by atoms with Crippen LogP contribution in [0, 0.1) is 0 Å². The molecule has 2 aromatic heterocycles. The minimum Gasteiger partial charge on any atom is -0.455 e. The first-order chi connectivity index (χ1) is 25.3. The second-order valence-electron chi connectivity index (χ2n) is 12.9. The summed E-state index contributed by atoms with van der Waals surface area (Å²) in [7, 11) is 0. The predicted octanol–water partition coefficient (Wildman–Crippen LogP) is 13.0. The fourth-order valence-electron chi connectivity index (χ4n) is 7.47. The van der Waals surface area contributed by atoms with Gasteiger partial charge in [0.05, 0.1) is 11.4 Å². The van der Waals surface area contributed by atoms with Crippen LogP contribution in [-0.4, -0.2) is 9.97 Å². The second kappa shape index (κ2) is 11.9. The van der Waals surface area contributed by atoms with E-state index in [1.807, 2.05) is 12.1 Å². The number of nitrogens with zero attached hydrogens (tertiary/aromatic N) is 2. The van der Waals surface area contributed by atoms with Crippen molar-refractivity contribution in [2.24, 2.45) is 0 Å². The van der Waals surface area contributed by atoms with Crippen LogP contribution in [0.15, 0.2) is 186 Å². The molecule has 0 fully saturated rings. The molecule has 0 aliphatic rings. The Bertz CT molecular complexity index is 2840. The van der Waals surface area contributed by atoms with Crippen LogP contribution in [0.4, 0.5) is 0 Å². The minimum atomic E-state index is 0.665. The van der Waals surface area contributed by atoms with Crippen LogP contribution in [0.1, 0.15) is 0 Å². The summed E-state index contributed by atoms with van der Waals surface area (Å²) < 4.78 is 6.85. The lowest BCUT2D eigenvalue weighted by Crippen LogP contribution is -1.96. The highest BCUT2D eigenvalue weighted by Gasteiger charge is 2.21. The molecule has 2 heterocycles. The van der Waals surface area contributed by atoms with Gasteiger partial charge in [-0.15, -0.1) is 0 Å². The fourth-order valence-corrected chi connectivity index (χ4v) is 7.47. The van der Waals surface area contributed by atoms with E-state index in [-0.39, 0.29) is 0 Å². The van der Waals surface area contributed by atoms with E-state index in [0.29, 0.717) is 5.82 Å². The number of benzene rings is 8. The smallest absolute Gasteiger partial charge is 0.160 e. The highest BCUT2D eigenvalue weighted by Crippen LogP contribution is 2.44. The molecule has 0 saturated carbocycles. The molecule has 0 unspecified atom stereocenters. The van der Waals surface area contributed by atoms with E-state index in [2.05, 4.69) is 170 Å². The molecule has 0 spiro atoms. The van der Waals surface area contributed by atoms with Crippen LogP contribution in [0.2, 0.25) is 0 Å². The Morgan fingerprint density at radius 1 is 0.353 bits per heavy atom. The van der Waals surface area contributed by atoms with Crippen LogP contribution < -0.4 is 0 Å². The van der Waals surface area contributed by atoms with Crippen molar-refractivity contribution in [3.8, 4) is 56.2 Å². The Balaban J connectivity index is 1.30. The molecular weight excluding hydrogens is 621 g/mol. The van der Waals surface area contributed by atoms with E-state index in [1.165, 1.54) is 21.9 Å². The van der Waals surface area contributed by atoms with Gasteiger partial charge >= 0.3 is 0 Å². The van der Waals surface area contributed by atoms with Gasteiger partial charge in [0.25, 0.3) is 0 Å².